The zero-order chi connectivity index (χ0) is 17.1. The van der Waals surface area contributed by atoms with E-state index >= 15 is 0 Å². The molecule has 3 aromatic rings. The molecule has 0 aliphatic carbocycles. The van der Waals surface area contributed by atoms with Crippen LogP contribution in [0, 0.1) is 0 Å². The molecule has 6 heteroatoms. The molecule has 2 heterocycles. The number of thioether (sulfide) groups is 1. The smallest absolute Gasteiger partial charge is 0.255 e. The van der Waals surface area contributed by atoms with Crippen LogP contribution in [-0.2, 0) is 13.6 Å². The first-order valence-electron chi connectivity index (χ1n) is 7.84. The van der Waals surface area contributed by atoms with Crippen LogP contribution in [0.4, 0.5) is 0 Å². The SMILES string of the molecule is CCSc1ccc(C(=O)N(C)Cc2nc3ccccc3n2C)cn1. The fourth-order valence-corrected chi connectivity index (χ4v) is 3.17. The number of nitrogens with zero attached hydrogens (tertiary/aromatic N) is 4. The molecule has 24 heavy (non-hydrogen) atoms. The van der Waals surface area contributed by atoms with E-state index < -0.39 is 0 Å². The van der Waals surface area contributed by atoms with Gasteiger partial charge in [-0.15, -0.1) is 11.8 Å². The van der Waals surface area contributed by atoms with Gasteiger partial charge in [0.05, 0.1) is 28.2 Å². The first-order valence-corrected chi connectivity index (χ1v) is 8.83. The van der Waals surface area contributed by atoms with Gasteiger partial charge in [0.25, 0.3) is 5.91 Å². The molecule has 3 rings (SSSR count). The van der Waals surface area contributed by atoms with Gasteiger partial charge in [0.2, 0.25) is 0 Å². The lowest BCUT2D eigenvalue weighted by Gasteiger charge is -2.17. The number of fused-ring (bicyclic) bond motifs is 1. The van der Waals surface area contributed by atoms with Gasteiger partial charge in [-0.1, -0.05) is 19.1 Å². The molecular weight excluding hydrogens is 320 g/mol. The number of carbonyl (C=O) groups excluding carboxylic acids is 1. The summed E-state index contributed by atoms with van der Waals surface area (Å²) < 4.78 is 2.03. The van der Waals surface area contributed by atoms with Gasteiger partial charge < -0.3 is 9.47 Å². The van der Waals surface area contributed by atoms with Crippen LogP contribution < -0.4 is 0 Å². The van der Waals surface area contributed by atoms with Crippen LogP contribution in [0.5, 0.6) is 0 Å². The van der Waals surface area contributed by atoms with Crippen molar-refractivity contribution in [3.8, 4) is 0 Å². The molecule has 0 unspecified atom stereocenters. The van der Waals surface area contributed by atoms with Crippen molar-refractivity contribution in [3.63, 3.8) is 0 Å². The van der Waals surface area contributed by atoms with Gasteiger partial charge in [-0.3, -0.25) is 4.79 Å². The molecule has 0 fully saturated rings. The Kier molecular flexibility index (Phi) is 4.85. The Morgan fingerprint density at radius 2 is 2.04 bits per heavy atom. The molecule has 0 radical (unpaired) electrons. The molecule has 0 N–H and O–H groups in total. The van der Waals surface area contributed by atoms with Crippen LogP contribution in [0.1, 0.15) is 23.1 Å². The summed E-state index contributed by atoms with van der Waals surface area (Å²) in [5.74, 6) is 1.77. The van der Waals surface area contributed by atoms with E-state index in [9.17, 15) is 4.79 Å². The highest BCUT2D eigenvalue weighted by Gasteiger charge is 2.16. The van der Waals surface area contributed by atoms with Gasteiger partial charge in [0, 0.05) is 20.3 Å². The predicted octanol–water partition coefficient (Wildman–Crippen LogP) is 3.35. The quantitative estimate of drug-likeness (QED) is 0.668. The normalized spacial score (nSPS) is 11.0. The molecule has 0 saturated heterocycles. The highest BCUT2D eigenvalue weighted by atomic mass is 32.2. The van der Waals surface area contributed by atoms with E-state index in [1.807, 2.05) is 48.0 Å². The number of para-hydroxylation sites is 2. The number of aromatic nitrogens is 3. The molecule has 0 aliphatic heterocycles. The van der Waals surface area contributed by atoms with E-state index in [4.69, 9.17) is 0 Å². The number of aryl methyl sites for hydroxylation is 1. The van der Waals surface area contributed by atoms with Gasteiger partial charge >= 0.3 is 0 Å². The number of rotatable bonds is 5. The third-order valence-corrected chi connectivity index (χ3v) is 4.71. The summed E-state index contributed by atoms with van der Waals surface area (Å²) in [7, 11) is 3.76. The first-order chi connectivity index (χ1) is 11.6. The first kappa shape index (κ1) is 16.5. The third kappa shape index (κ3) is 3.28. The Hall–Kier alpha value is -2.34. The monoisotopic (exact) mass is 340 g/mol. The highest BCUT2D eigenvalue weighted by Crippen LogP contribution is 2.17. The lowest BCUT2D eigenvalue weighted by molar-refractivity contribution is 0.0780. The van der Waals surface area contributed by atoms with Crippen LogP contribution in [0.15, 0.2) is 47.6 Å². The lowest BCUT2D eigenvalue weighted by Crippen LogP contribution is -2.27. The summed E-state index contributed by atoms with van der Waals surface area (Å²) in [6.45, 7) is 2.53. The molecule has 0 spiro atoms. The second-order valence-corrected chi connectivity index (χ2v) is 6.84. The number of amides is 1. The minimum absolute atomic E-state index is 0.0531. The van der Waals surface area contributed by atoms with Crippen LogP contribution in [-0.4, -0.2) is 38.1 Å². The number of carbonyl (C=O) groups is 1. The van der Waals surface area contributed by atoms with Crippen molar-refractivity contribution in [2.45, 2.75) is 18.5 Å². The molecule has 5 nitrogen and oxygen atoms in total. The molecule has 0 saturated carbocycles. The second kappa shape index (κ2) is 7.05. The van der Waals surface area contributed by atoms with E-state index in [1.165, 1.54) is 0 Å². The Bertz CT molecular complexity index is 857. The van der Waals surface area contributed by atoms with Crippen molar-refractivity contribution >= 4 is 28.7 Å². The van der Waals surface area contributed by atoms with Crippen LogP contribution in [0.3, 0.4) is 0 Å². The zero-order valence-electron chi connectivity index (χ0n) is 14.1. The van der Waals surface area contributed by atoms with Gasteiger partial charge in [-0.05, 0) is 30.0 Å². The highest BCUT2D eigenvalue weighted by molar-refractivity contribution is 7.99. The minimum atomic E-state index is -0.0531. The van der Waals surface area contributed by atoms with Crippen molar-refractivity contribution in [3.05, 3.63) is 54.0 Å². The van der Waals surface area contributed by atoms with E-state index in [1.54, 1.807) is 29.9 Å². The van der Waals surface area contributed by atoms with Crippen LogP contribution in [0.2, 0.25) is 0 Å². The maximum Gasteiger partial charge on any atom is 0.255 e. The zero-order valence-corrected chi connectivity index (χ0v) is 14.9. The van der Waals surface area contributed by atoms with E-state index in [2.05, 4.69) is 16.9 Å². The number of imidazole rings is 1. The average Bonchev–Trinajstić information content (AvgIpc) is 2.91. The van der Waals surface area contributed by atoms with Gasteiger partial charge in [0.15, 0.2) is 0 Å². The van der Waals surface area contributed by atoms with Crippen molar-refractivity contribution in [2.75, 3.05) is 12.8 Å². The van der Waals surface area contributed by atoms with Gasteiger partial charge in [-0.25, -0.2) is 9.97 Å². The summed E-state index contributed by atoms with van der Waals surface area (Å²) in [6.07, 6.45) is 1.64. The van der Waals surface area contributed by atoms with E-state index in [-0.39, 0.29) is 5.91 Å². The predicted molar refractivity (Wildman–Crippen MR) is 97.1 cm³/mol. The van der Waals surface area contributed by atoms with Crippen molar-refractivity contribution in [2.24, 2.45) is 7.05 Å². The number of pyridine rings is 1. The summed E-state index contributed by atoms with van der Waals surface area (Å²) >= 11 is 1.66. The Morgan fingerprint density at radius 3 is 2.71 bits per heavy atom. The Morgan fingerprint density at radius 1 is 1.25 bits per heavy atom. The van der Waals surface area contributed by atoms with E-state index in [0.717, 1.165) is 27.6 Å². The van der Waals surface area contributed by atoms with Crippen molar-refractivity contribution in [1.29, 1.82) is 0 Å². The Balaban J connectivity index is 1.76. The topological polar surface area (TPSA) is 51.0 Å². The molecule has 1 amide bonds. The second-order valence-electron chi connectivity index (χ2n) is 5.56. The van der Waals surface area contributed by atoms with Gasteiger partial charge in [0.1, 0.15) is 5.82 Å². The minimum Gasteiger partial charge on any atom is -0.334 e. The standard InChI is InChI=1S/C18H20N4OS/c1-4-24-17-10-9-13(11-19-17)18(23)21(2)12-16-20-14-7-5-6-8-15(14)22(16)3/h5-11H,4,12H2,1-3H3. The summed E-state index contributed by atoms with van der Waals surface area (Å²) in [5.41, 5.74) is 2.60. The van der Waals surface area contributed by atoms with Gasteiger partial charge in [-0.2, -0.15) is 0 Å². The Labute approximate surface area is 145 Å². The number of benzene rings is 1. The van der Waals surface area contributed by atoms with E-state index in [0.29, 0.717) is 12.1 Å². The number of hydrogen-bond acceptors (Lipinski definition) is 4. The summed E-state index contributed by atoms with van der Waals surface area (Å²) in [6, 6.07) is 11.7. The van der Waals surface area contributed by atoms with Crippen molar-refractivity contribution < 1.29 is 4.79 Å². The molecule has 0 bridgehead atoms. The lowest BCUT2D eigenvalue weighted by atomic mass is 10.2. The number of hydrogen-bond donors (Lipinski definition) is 0. The van der Waals surface area contributed by atoms with Crippen molar-refractivity contribution in [1.82, 2.24) is 19.4 Å². The molecule has 2 aromatic heterocycles. The molecular formula is C18H20N4OS. The summed E-state index contributed by atoms with van der Waals surface area (Å²) in [5, 5.41) is 0.937. The van der Waals surface area contributed by atoms with Crippen LogP contribution >= 0.6 is 11.8 Å². The molecule has 0 atom stereocenters. The third-order valence-electron chi connectivity index (χ3n) is 3.88. The fraction of sp³-hybridized carbons (Fsp3) is 0.278. The molecule has 0 aliphatic rings. The maximum absolute atomic E-state index is 12.6. The van der Waals surface area contributed by atoms with Crippen LogP contribution in [0.25, 0.3) is 11.0 Å². The molecule has 1 aromatic carbocycles. The molecule has 124 valence electrons. The summed E-state index contributed by atoms with van der Waals surface area (Å²) in [4.78, 5) is 23.2. The average molecular weight is 340 g/mol. The largest absolute Gasteiger partial charge is 0.334 e. The fourth-order valence-electron chi connectivity index (χ4n) is 2.58. The maximum atomic E-state index is 12.6.